The molecule has 1 atom stereocenters. The third kappa shape index (κ3) is 3.98. The van der Waals surface area contributed by atoms with E-state index in [1.54, 1.807) is 12.1 Å². The Morgan fingerprint density at radius 3 is 2.88 bits per heavy atom. The number of halogens is 1. The number of carboxylic acid groups (broad SMARTS) is 1. The Morgan fingerprint density at radius 2 is 2.31 bits per heavy atom. The summed E-state index contributed by atoms with van der Waals surface area (Å²) in [4.78, 5) is 10.7. The fourth-order valence-electron chi connectivity index (χ4n) is 1.52. The first-order valence-corrected chi connectivity index (χ1v) is 5.34. The van der Waals surface area contributed by atoms with Crippen LogP contribution in [0.15, 0.2) is 24.3 Å². The topological polar surface area (TPSA) is 49.3 Å². The standard InChI is InChI=1S/C12H16FNO2/c1-2-6-14-11(8-12(15)16)9-4-3-5-10(13)7-9/h3-5,7,11,14H,2,6,8H2,1H3,(H,15,16). The van der Waals surface area contributed by atoms with Gasteiger partial charge >= 0.3 is 5.97 Å². The Labute approximate surface area is 94.3 Å². The highest BCUT2D eigenvalue weighted by Crippen LogP contribution is 2.17. The third-order valence-electron chi connectivity index (χ3n) is 2.27. The quantitative estimate of drug-likeness (QED) is 0.781. The molecule has 0 aromatic heterocycles. The molecule has 1 rings (SSSR count). The molecular weight excluding hydrogens is 209 g/mol. The Balaban J connectivity index is 2.78. The molecule has 0 aliphatic heterocycles. The lowest BCUT2D eigenvalue weighted by Crippen LogP contribution is -2.24. The van der Waals surface area contributed by atoms with Crippen molar-refractivity contribution in [1.29, 1.82) is 0 Å². The van der Waals surface area contributed by atoms with Crippen LogP contribution < -0.4 is 5.32 Å². The van der Waals surface area contributed by atoms with Gasteiger partial charge in [-0.05, 0) is 30.7 Å². The Morgan fingerprint density at radius 1 is 1.56 bits per heavy atom. The molecule has 0 radical (unpaired) electrons. The predicted octanol–water partition coefficient (Wildman–Crippen LogP) is 2.34. The van der Waals surface area contributed by atoms with Gasteiger partial charge in [0.2, 0.25) is 0 Å². The van der Waals surface area contributed by atoms with Crippen LogP contribution in [-0.4, -0.2) is 17.6 Å². The van der Waals surface area contributed by atoms with Crippen molar-refractivity contribution in [2.45, 2.75) is 25.8 Å². The van der Waals surface area contributed by atoms with Gasteiger partial charge in [-0.3, -0.25) is 4.79 Å². The van der Waals surface area contributed by atoms with Gasteiger partial charge in [0, 0.05) is 6.04 Å². The minimum atomic E-state index is -0.891. The van der Waals surface area contributed by atoms with E-state index in [-0.39, 0.29) is 18.3 Å². The first-order chi connectivity index (χ1) is 7.63. The van der Waals surface area contributed by atoms with E-state index in [0.29, 0.717) is 12.1 Å². The number of benzene rings is 1. The number of hydrogen-bond donors (Lipinski definition) is 2. The van der Waals surface area contributed by atoms with Crippen LogP contribution in [0.2, 0.25) is 0 Å². The minimum absolute atomic E-state index is 0.0382. The minimum Gasteiger partial charge on any atom is -0.481 e. The summed E-state index contributed by atoms with van der Waals surface area (Å²) in [6.07, 6.45) is 0.870. The van der Waals surface area contributed by atoms with Crippen molar-refractivity contribution in [3.05, 3.63) is 35.6 Å². The summed E-state index contributed by atoms with van der Waals surface area (Å²) in [6.45, 7) is 2.71. The second kappa shape index (κ2) is 6.23. The molecule has 0 aliphatic carbocycles. The zero-order valence-electron chi connectivity index (χ0n) is 9.24. The van der Waals surface area contributed by atoms with E-state index in [4.69, 9.17) is 5.11 Å². The van der Waals surface area contributed by atoms with Gasteiger partial charge in [-0.1, -0.05) is 19.1 Å². The van der Waals surface area contributed by atoms with Gasteiger partial charge in [0.25, 0.3) is 0 Å². The maximum atomic E-state index is 13.0. The molecule has 1 unspecified atom stereocenters. The van der Waals surface area contributed by atoms with Crippen LogP contribution in [0.4, 0.5) is 4.39 Å². The molecule has 1 aromatic rings. The fourth-order valence-corrected chi connectivity index (χ4v) is 1.52. The van der Waals surface area contributed by atoms with Crippen molar-refractivity contribution >= 4 is 5.97 Å². The zero-order chi connectivity index (χ0) is 12.0. The maximum absolute atomic E-state index is 13.0. The van der Waals surface area contributed by atoms with Gasteiger partial charge in [0.1, 0.15) is 5.82 Å². The molecular formula is C12H16FNO2. The van der Waals surface area contributed by atoms with E-state index < -0.39 is 5.97 Å². The molecule has 0 saturated carbocycles. The molecule has 0 aliphatic rings. The van der Waals surface area contributed by atoms with Crippen LogP contribution in [-0.2, 0) is 4.79 Å². The number of nitrogens with one attached hydrogen (secondary N) is 1. The number of aliphatic carboxylic acids is 1. The second-order valence-corrected chi connectivity index (χ2v) is 3.66. The van der Waals surface area contributed by atoms with Crippen molar-refractivity contribution in [2.24, 2.45) is 0 Å². The summed E-state index contributed by atoms with van der Waals surface area (Å²) in [5, 5.41) is 11.9. The molecule has 2 N–H and O–H groups in total. The normalized spacial score (nSPS) is 12.4. The monoisotopic (exact) mass is 225 g/mol. The van der Waals surface area contributed by atoms with Crippen LogP contribution in [0.1, 0.15) is 31.4 Å². The lowest BCUT2D eigenvalue weighted by molar-refractivity contribution is -0.137. The van der Waals surface area contributed by atoms with Crippen molar-refractivity contribution in [2.75, 3.05) is 6.54 Å². The Bertz CT molecular complexity index is 355. The number of rotatable bonds is 6. The molecule has 3 nitrogen and oxygen atoms in total. The number of carbonyl (C=O) groups is 1. The van der Waals surface area contributed by atoms with E-state index in [2.05, 4.69) is 5.32 Å². The summed E-state index contributed by atoms with van der Waals surface area (Å²) in [5.41, 5.74) is 0.677. The molecule has 0 bridgehead atoms. The van der Waals surface area contributed by atoms with E-state index in [9.17, 15) is 9.18 Å². The summed E-state index contributed by atoms with van der Waals surface area (Å²) >= 11 is 0. The van der Waals surface area contributed by atoms with Crippen molar-refractivity contribution in [3.8, 4) is 0 Å². The van der Waals surface area contributed by atoms with E-state index in [1.165, 1.54) is 12.1 Å². The van der Waals surface area contributed by atoms with Gasteiger partial charge in [-0.15, -0.1) is 0 Å². The highest BCUT2D eigenvalue weighted by Gasteiger charge is 2.14. The van der Waals surface area contributed by atoms with Crippen LogP contribution in [0, 0.1) is 5.82 Å². The molecule has 0 amide bonds. The first-order valence-electron chi connectivity index (χ1n) is 5.34. The van der Waals surface area contributed by atoms with Gasteiger partial charge in [-0.2, -0.15) is 0 Å². The highest BCUT2D eigenvalue weighted by molar-refractivity contribution is 5.67. The molecule has 0 saturated heterocycles. The fraction of sp³-hybridized carbons (Fsp3) is 0.417. The summed E-state index contributed by atoms with van der Waals surface area (Å²) in [5.74, 6) is -1.23. The zero-order valence-corrected chi connectivity index (χ0v) is 9.24. The van der Waals surface area contributed by atoms with Gasteiger partial charge < -0.3 is 10.4 Å². The average Bonchev–Trinajstić information content (AvgIpc) is 2.23. The molecule has 0 spiro atoms. The largest absolute Gasteiger partial charge is 0.481 e. The number of carboxylic acids is 1. The maximum Gasteiger partial charge on any atom is 0.305 e. The van der Waals surface area contributed by atoms with E-state index in [0.717, 1.165) is 6.42 Å². The van der Waals surface area contributed by atoms with Crippen LogP contribution in [0.3, 0.4) is 0 Å². The third-order valence-corrected chi connectivity index (χ3v) is 2.27. The van der Waals surface area contributed by atoms with Crippen LogP contribution >= 0.6 is 0 Å². The summed E-state index contributed by atoms with van der Waals surface area (Å²) in [7, 11) is 0. The first kappa shape index (κ1) is 12.6. The van der Waals surface area contributed by atoms with E-state index >= 15 is 0 Å². The SMILES string of the molecule is CCCNC(CC(=O)O)c1cccc(F)c1. The molecule has 0 heterocycles. The predicted molar refractivity (Wildman–Crippen MR) is 59.7 cm³/mol. The molecule has 1 aromatic carbocycles. The van der Waals surface area contributed by atoms with E-state index in [1.807, 2.05) is 6.92 Å². The van der Waals surface area contributed by atoms with Crippen LogP contribution in [0.5, 0.6) is 0 Å². The molecule has 88 valence electrons. The lowest BCUT2D eigenvalue weighted by atomic mass is 10.0. The summed E-state index contributed by atoms with van der Waals surface area (Å²) < 4.78 is 13.0. The Kier molecular flexibility index (Phi) is 4.92. The van der Waals surface area contributed by atoms with Gasteiger partial charge in [-0.25, -0.2) is 4.39 Å². The second-order valence-electron chi connectivity index (χ2n) is 3.66. The smallest absolute Gasteiger partial charge is 0.305 e. The van der Waals surface area contributed by atoms with Crippen molar-refractivity contribution in [1.82, 2.24) is 5.32 Å². The average molecular weight is 225 g/mol. The van der Waals surface area contributed by atoms with Crippen molar-refractivity contribution < 1.29 is 14.3 Å². The van der Waals surface area contributed by atoms with Gasteiger partial charge in [0.15, 0.2) is 0 Å². The lowest BCUT2D eigenvalue weighted by Gasteiger charge is -2.16. The summed E-state index contributed by atoms with van der Waals surface area (Å²) in [6, 6.07) is 5.72. The number of hydrogen-bond acceptors (Lipinski definition) is 2. The molecule has 16 heavy (non-hydrogen) atoms. The molecule has 0 fully saturated rings. The Hall–Kier alpha value is -1.42. The highest BCUT2D eigenvalue weighted by atomic mass is 19.1. The van der Waals surface area contributed by atoms with Crippen molar-refractivity contribution in [3.63, 3.8) is 0 Å². The van der Waals surface area contributed by atoms with Gasteiger partial charge in [0.05, 0.1) is 6.42 Å². The van der Waals surface area contributed by atoms with Crippen LogP contribution in [0.25, 0.3) is 0 Å². The molecule has 4 heteroatoms.